The van der Waals surface area contributed by atoms with E-state index in [-0.39, 0.29) is 21.7 Å². The van der Waals surface area contributed by atoms with Crippen molar-refractivity contribution in [2.75, 3.05) is 44.3 Å². The Balaban J connectivity index is 1.65. The van der Waals surface area contributed by atoms with Gasteiger partial charge in [0.2, 0.25) is 5.91 Å². The number of piperidine rings is 1. The predicted octanol–water partition coefficient (Wildman–Crippen LogP) is 1.73. The van der Waals surface area contributed by atoms with E-state index >= 15 is 0 Å². The summed E-state index contributed by atoms with van der Waals surface area (Å²) in [5.41, 5.74) is 0. The fourth-order valence-corrected chi connectivity index (χ4v) is 3.86. The van der Waals surface area contributed by atoms with E-state index in [1.54, 1.807) is 6.07 Å². The molecule has 0 aliphatic carbocycles. The Hall–Kier alpha value is -1.67. The molecule has 0 saturated carbocycles. The fraction of sp³-hybridized carbons (Fsp3) is 0.643. The number of morpholine rings is 1. The van der Waals surface area contributed by atoms with Gasteiger partial charge in [-0.15, -0.1) is 0 Å². The van der Waals surface area contributed by atoms with Gasteiger partial charge in [-0.2, -0.15) is 0 Å². The number of carbonyl (C=O) groups is 1. The van der Waals surface area contributed by atoms with Gasteiger partial charge in [0.25, 0.3) is 0 Å². The molecule has 22 heavy (non-hydrogen) atoms. The predicted molar refractivity (Wildman–Crippen MR) is 83.3 cm³/mol. The van der Waals surface area contributed by atoms with E-state index in [9.17, 15) is 14.9 Å². The van der Waals surface area contributed by atoms with Crippen molar-refractivity contribution in [3.05, 3.63) is 22.2 Å². The maximum Gasteiger partial charge on any atom is 0.326 e. The number of rotatable bonds is 3. The second kappa shape index (κ2) is 6.62. The van der Waals surface area contributed by atoms with Gasteiger partial charge in [0.1, 0.15) is 0 Å². The molecule has 2 saturated heterocycles. The standard InChI is InChI=1S/C14H19N3O4S/c18-14(15-6-8-21-9-7-15)11-2-1-5-16(10-11)12-3-4-13(22-12)17(19)20/h3-4,11H,1-2,5-10H2/t11-/m0/s1. The number of carbonyl (C=O) groups excluding carboxylic acids is 1. The van der Waals surface area contributed by atoms with Gasteiger partial charge in [0, 0.05) is 32.2 Å². The number of hydrogen-bond acceptors (Lipinski definition) is 6. The minimum Gasteiger partial charge on any atom is -0.378 e. The fourth-order valence-electron chi connectivity index (χ4n) is 3.01. The van der Waals surface area contributed by atoms with Crippen LogP contribution in [0.3, 0.4) is 0 Å². The molecule has 8 heteroatoms. The molecular weight excluding hydrogens is 306 g/mol. The van der Waals surface area contributed by atoms with E-state index in [0.29, 0.717) is 32.8 Å². The number of anilines is 1. The van der Waals surface area contributed by atoms with Crippen LogP contribution in [0.5, 0.6) is 0 Å². The van der Waals surface area contributed by atoms with Crippen molar-refractivity contribution in [1.82, 2.24) is 4.90 Å². The minimum absolute atomic E-state index is 0.0204. The first-order chi connectivity index (χ1) is 10.6. The molecule has 0 spiro atoms. The molecule has 0 N–H and O–H groups in total. The summed E-state index contributed by atoms with van der Waals surface area (Å²) in [6, 6.07) is 3.32. The van der Waals surface area contributed by atoms with Crippen molar-refractivity contribution in [2.45, 2.75) is 12.8 Å². The first-order valence-corrected chi connectivity index (χ1v) is 8.32. The highest BCUT2D eigenvalue weighted by molar-refractivity contribution is 7.19. The number of nitrogens with zero attached hydrogens (tertiary/aromatic N) is 3. The molecule has 1 atom stereocenters. The summed E-state index contributed by atoms with van der Waals surface area (Å²) in [5, 5.41) is 11.8. The SMILES string of the molecule is O=C([C@H]1CCCN(c2ccc([N+](=O)[O-])s2)C1)N1CCOCC1. The van der Waals surface area contributed by atoms with E-state index < -0.39 is 0 Å². The zero-order chi connectivity index (χ0) is 15.5. The Bertz CT molecular complexity index is 556. The molecule has 1 aromatic heterocycles. The summed E-state index contributed by atoms with van der Waals surface area (Å²) in [6.45, 7) is 4.05. The summed E-state index contributed by atoms with van der Waals surface area (Å²) in [6.07, 6.45) is 1.83. The summed E-state index contributed by atoms with van der Waals surface area (Å²) in [4.78, 5) is 27.0. The number of nitro groups is 1. The molecule has 2 aliphatic rings. The first-order valence-electron chi connectivity index (χ1n) is 7.51. The average molecular weight is 325 g/mol. The zero-order valence-corrected chi connectivity index (χ0v) is 13.1. The Morgan fingerprint density at radius 1 is 1.32 bits per heavy atom. The van der Waals surface area contributed by atoms with E-state index in [1.165, 1.54) is 17.4 Å². The molecule has 0 unspecified atom stereocenters. The maximum absolute atomic E-state index is 12.6. The molecule has 0 aromatic carbocycles. The number of ether oxygens (including phenoxy) is 1. The molecule has 0 bridgehead atoms. The van der Waals surface area contributed by atoms with Gasteiger partial charge in [0.15, 0.2) is 0 Å². The molecule has 1 amide bonds. The van der Waals surface area contributed by atoms with Crippen molar-refractivity contribution in [1.29, 1.82) is 0 Å². The normalized spacial score (nSPS) is 22.6. The highest BCUT2D eigenvalue weighted by Crippen LogP contribution is 2.34. The molecule has 2 fully saturated rings. The highest BCUT2D eigenvalue weighted by Gasteiger charge is 2.31. The van der Waals surface area contributed by atoms with Crippen molar-refractivity contribution < 1.29 is 14.5 Å². The summed E-state index contributed by atoms with van der Waals surface area (Å²) < 4.78 is 5.29. The van der Waals surface area contributed by atoms with E-state index in [0.717, 1.165) is 24.4 Å². The Kier molecular flexibility index (Phi) is 4.58. The van der Waals surface area contributed by atoms with Gasteiger partial charge in [-0.1, -0.05) is 0 Å². The van der Waals surface area contributed by atoms with Gasteiger partial charge in [0.05, 0.1) is 29.1 Å². The smallest absolute Gasteiger partial charge is 0.326 e. The van der Waals surface area contributed by atoms with Gasteiger partial charge in [-0.05, 0) is 30.2 Å². The topological polar surface area (TPSA) is 75.9 Å². The van der Waals surface area contributed by atoms with Crippen LogP contribution in [-0.4, -0.2) is 55.1 Å². The molecular formula is C14H19N3O4S. The Labute approximate surface area is 132 Å². The van der Waals surface area contributed by atoms with Crippen LogP contribution < -0.4 is 4.90 Å². The largest absolute Gasteiger partial charge is 0.378 e. The lowest BCUT2D eigenvalue weighted by atomic mass is 9.96. The summed E-state index contributed by atoms with van der Waals surface area (Å²) in [5.74, 6) is 0.173. The van der Waals surface area contributed by atoms with Crippen molar-refractivity contribution in [3.63, 3.8) is 0 Å². The third kappa shape index (κ3) is 3.22. The third-order valence-electron chi connectivity index (χ3n) is 4.16. The first kappa shape index (κ1) is 15.2. The van der Waals surface area contributed by atoms with Gasteiger partial charge in [-0.3, -0.25) is 14.9 Å². The van der Waals surface area contributed by atoms with Crippen LogP contribution in [0.1, 0.15) is 12.8 Å². The minimum atomic E-state index is -0.367. The van der Waals surface area contributed by atoms with Crippen LogP contribution in [-0.2, 0) is 9.53 Å². The van der Waals surface area contributed by atoms with Gasteiger partial charge >= 0.3 is 5.00 Å². The van der Waals surface area contributed by atoms with Crippen LogP contribution in [0.2, 0.25) is 0 Å². The quantitative estimate of drug-likeness (QED) is 0.625. The van der Waals surface area contributed by atoms with Crippen molar-refractivity contribution >= 4 is 27.2 Å². The van der Waals surface area contributed by atoms with E-state index in [1.807, 2.05) is 4.90 Å². The van der Waals surface area contributed by atoms with Crippen molar-refractivity contribution in [2.24, 2.45) is 5.92 Å². The molecule has 7 nitrogen and oxygen atoms in total. The number of hydrogen-bond donors (Lipinski definition) is 0. The number of amides is 1. The van der Waals surface area contributed by atoms with E-state index in [4.69, 9.17) is 4.74 Å². The van der Waals surface area contributed by atoms with Crippen LogP contribution in [0.25, 0.3) is 0 Å². The Morgan fingerprint density at radius 2 is 2.09 bits per heavy atom. The van der Waals surface area contributed by atoms with Gasteiger partial charge in [-0.25, -0.2) is 0 Å². The second-order valence-electron chi connectivity index (χ2n) is 5.59. The third-order valence-corrected chi connectivity index (χ3v) is 5.26. The van der Waals surface area contributed by atoms with E-state index in [2.05, 4.69) is 4.90 Å². The van der Waals surface area contributed by atoms with Crippen LogP contribution >= 0.6 is 11.3 Å². The molecule has 120 valence electrons. The summed E-state index contributed by atoms with van der Waals surface area (Å²) in [7, 11) is 0. The Morgan fingerprint density at radius 3 is 2.77 bits per heavy atom. The number of thiophene rings is 1. The molecule has 0 radical (unpaired) electrons. The molecule has 1 aromatic rings. The second-order valence-corrected chi connectivity index (χ2v) is 6.63. The lowest BCUT2D eigenvalue weighted by molar-refractivity contribution is -0.380. The highest BCUT2D eigenvalue weighted by atomic mass is 32.1. The van der Waals surface area contributed by atoms with Crippen LogP contribution in [0, 0.1) is 16.0 Å². The monoisotopic (exact) mass is 325 g/mol. The molecule has 2 aliphatic heterocycles. The average Bonchev–Trinajstić information content (AvgIpc) is 3.05. The van der Waals surface area contributed by atoms with Crippen LogP contribution in [0.15, 0.2) is 12.1 Å². The summed E-state index contributed by atoms with van der Waals surface area (Å²) >= 11 is 1.18. The lowest BCUT2D eigenvalue weighted by Crippen LogP contribution is -2.48. The van der Waals surface area contributed by atoms with Crippen molar-refractivity contribution in [3.8, 4) is 0 Å². The van der Waals surface area contributed by atoms with Crippen LogP contribution in [0.4, 0.5) is 10.0 Å². The lowest BCUT2D eigenvalue weighted by Gasteiger charge is -2.36. The maximum atomic E-state index is 12.6. The molecule has 3 rings (SSSR count). The molecule has 3 heterocycles. The zero-order valence-electron chi connectivity index (χ0n) is 12.3. The van der Waals surface area contributed by atoms with Gasteiger partial charge < -0.3 is 14.5 Å².